The Bertz CT molecular complexity index is 3160. The first-order valence-electron chi connectivity index (χ1n) is 23.0. The summed E-state index contributed by atoms with van der Waals surface area (Å²) < 4.78 is 5.45. The molecule has 4 heterocycles. The fourth-order valence-corrected chi connectivity index (χ4v) is 10.6. The normalized spacial score (nSPS) is 14.1. The van der Waals surface area contributed by atoms with Crippen LogP contribution < -0.4 is 10.9 Å². The summed E-state index contributed by atoms with van der Waals surface area (Å²) in [6.45, 7) is 37.4. The molecule has 0 radical (unpaired) electrons. The molecule has 0 saturated carbocycles. The molecule has 8 aromatic rings. The molecule has 0 unspecified atom stereocenters. The van der Waals surface area contributed by atoms with Gasteiger partial charge in [0.15, 0.2) is 0 Å². The van der Waals surface area contributed by atoms with Gasteiger partial charge in [0.1, 0.15) is 0 Å². The van der Waals surface area contributed by atoms with E-state index in [2.05, 4.69) is 223 Å². The van der Waals surface area contributed by atoms with Gasteiger partial charge < -0.3 is 9.05 Å². The molecule has 0 fully saturated rings. The molecule has 0 spiro atoms. The highest BCUT2D eigenvalue weighted by Crippen LogP contribution is 2.50. The van der Waals surface area contributed by atoms with Crippen LogP contribution >= 0.6 is 0 Å². The largest absolute Gasteiger partial charge is 0.375 e. The lowest BCUT2D eigenvalue weighted by molar-refractivity contribution is 0.590. The van der Waals surface area contributed by atoms with Crippen molar-refractivity contribution in [1.29, 1.82) is 0 Å². The van der Waals surface area contributed by atoms with E-state index >= 15 is 0 Å². The van der Waals surface area contributed by atoms with Crippen LogP contribution in [0.4, 0.5) is 0 Å². The van der Waals surface area contributed by atoms with E-state index in [1.54, 1.807) is 0 Å². The van der Waals surface area contributed by atoms with Gasteiger partial charge in [-0.25, -0.2) is 0 Å². The van der Waals surface area contributed by atoms with E-state index in [1.165, 1.54) is 116 Å². The number of benzene rings is 6. The summed E-state index contributed by atoms with van der Waals surface area (Å²) in [6.07, 6.45) is 0. The number of aryl methyl sites for hydroxylation is 1. The fourth-order valence-electron chi connectivity index (χ4n) is 10.6. The second-order valence-electron chi connectivity index (χ2n) is 24.1. The monoisotopic (exact) mass is 813 g/mol. The smallest absolute Gasteiger partial charge is 0.333 e. The van der Waals surface area contributed by atoms with Crippen LogP contribution in [0.5, 0.6) is 0 Å². The molecule has 10 rings (SSSR count). The topological polar surface area (TPSA) is 9.86 Å². The molecule has 3 heteroatoms. The van der Waals surface area contributed by atoms with Crippen molar-refractivity contribution in [3.05, 3.63) is 137 Å². The molecule has 0 amide bonds. The van der Waals surface area contributed by atoms with Crippen molar-refractivity contribution >= 4 is 50.5 Å². The van der Waals surface area contributed by atoms with Crippen LogP contribution in [0.15, 0.2) is 103 Å². The maximum absolute atomic E-state index is 2.81. The average molecular weight is 813 g/mol. The molecule has 62 heavy (non-hydrogen) atoms. The predicted molar refractivity (Wildman–Crippen MR) is 271 cm³/mol. The highest BCUT2D eigenvalue weighted by atomic mass is 15.0. The van der Waals surface area contributed by atoms with Crippen LogP contribution in [0.1, 0.15) is 137 Å². The molecule has 0 atom stereocenters. The van der Waals surface area contributed by atoms with E-state index < -0.39 is 0 Å². The van der Waals surface area contributed by atoms with E-state index in [4.69, 9.17) is 0 Å². The molecule has 2 aliphatic heterocycles. The summed E-state index contributed by atoms with van der Waals surface area (Å²) in [5.74, 6) is 0. The van der Waals surface area contributed by atoms with Crippen LogP contribution in [-0.4, -0.2) is 15.9 Å². The number of nitrogens with zero attached hydrogens (tertiary/aromatic N) is 2. The third-order valence-electron chi connectivity index (χ3n) is 14.3. The molecule has 314 valence electrons. The van der Waals surface area contributed by atoms with Crippen molar-refractivity contribution in [2.75, 3.05) is 0 Å². The molecule has 6 aromatic carbocycles. The highest BCUT2D eigenvalue weighted by Gasteiger charge is 2.44. The minimum atomic E-state index is -0.0584. The first-order chi connectivity index (χ1) is 28.8. The lowest BCUT2D eigenvalue weighted by Crippen LogP contribution is -2.56. The van der Waals surface area contributed by atoms with Gasteiger partial charge in [-0.15, -0.1) is 0 Å². The minimum Gasteiger partial charge on any atom is -0.375 e. The Hall–Kier alpha value is -5.28. The lowest BCUT2D eigenvalue weighted by atomic mass is 9.45. The Balaban J connectivity index is 1.44. The fraction of sp³-hybridized carbons (Fsp3) is 0.356. The third-order valence-corrected chi connectivity index (χ3v) is 14.3. The SMILES string of the molecule is Cc1cc2c3c(c1)-n1c4ccc(C(C)(C)C)cc4c4cc(C(C)(C)C)cc(c41)B3n1c(-c3ccc(C(C)(C)C)cc3)c(-c3ccc(C(C)(C)C)cc3)c3cc(C(C)(C)C)cc-2c31. The average Bonchev–Trinajstić information content (AvgIpc) is 3.70. The van der Waals surface area contributed by atoms with Crippen molar-refractivity contribution in [2.45, 2.75) is 138 Å². The van der Waals surface area contributed by atoms with Crippen LogP contribution in [0.3, 0.4) is 0 Å². The molecule has 2 aromatic heterocycles. The van der Waals surface area contributed by atoms with Crippen molar-refractivity contribution in [2.24, 2.45) is 0 Å². The van der Waals surface area contributed by atoms with Crippen molar-refractivity contribution in [3.8, 4) is 39.2 Å². The van der Waals surface area contributed by atoms with Gasteiger partial charge in [-0.1, -0.05) is 171 Å². The Kier molecular flexibility index (Phi) is 8.49. The van der Waals surface area contributed by atoms with Gasteiger partial charge in [-0.05, 0) is 131 Å². The standard InChI is InChI=1S/C59H65BN2/c1-34-27-43-45-30-40(58(11,12)13)32-46-50(35-17-21-37(22-18-35)55(2,3)4)52(36-19-23-38(24-20-36)56(5,6)7)62(53(45)46)60-47-33-41(59(14,15)16)31-44-42-29-39(57(8,9)10)25-26-48(42)61(54(44)47)49(28-34)51(43)60/h17-33H,1-16H3. The number of hydrogen-bond acceptors (Lipinski definition) is 0. The first-order valence-corrected chi connectivity index (χ1v) is 23.0. The van der Waals surface area contributed by atoms with E-state index in [9.17, 15) is 0 Å². The summed E-state index contributed by atoms with van der Waals surface area (Å²) in [6, 6.07) is 41.6. The van der Waals surface area contributed by atoms with Crippen LogP contribution in [0.2, 0.25) is 0 Å². The number of fused-ring (bicyclic) bond motifs is 7. The molecule has 0 N–H and O–H groups in total. The van der Waals surface area contributed by atoms with Crippen molar-refractivity contribution < 1.29 is 0 Å². The maximum Gasteiger partial charge on any atom is 0.333 e. The van der Waals surface area contributed by atoms with Gasteiger partial charge in [-0.2, -0.15) is 0 Å². The van der Waals surface area contributed by atoms with Crippen molar-refractivity contribution in [1.82, 2.24) is 9.05 Å². The Morgan fingerprint density at radius 1 is 0.419 bits per heavy atom. The molecular formula is C59H65BN2. The number of rotatable bonds is 2. The summed E-state index contributed by atoms with van der Waals surface area (Å²) in [5, 5.41) is 4.04. The quantitative estimate of drug-likeness (QED) is 0.154. The van der Waals surface area contributed by atoms with Gasteiger partial charge in [0, 0.05) is 44.2 Å². The zero-order valence-electron chi connectivity index (χ0n) is 40.3. The third kappa shape index (κ3) is 6.04. The predicted octanol–water partition coefficient (Wildman–Crippen LogP) is 14.8. The van der Waals surface area contributed by atoms with Gasteiger partial charge in [0.2, 0.25) is 0 Å². The van der Waals surface area contributed by atoms with Gasteiger partial charge in [-0.3, -0.25) is 0 Å². The van der Waals surface area contributed by atoms with Gasteiger partial charge in [0.05, 0.1) is 11.0 Å². The number of aromatic nitrogens is 2. The summed E-state index contributed by atoms with van der Waals surface area (Å²) >= 11 is 0. The summed E-state index contributed by atoms with van der Waals surface area (Å²) in [5.41, 5.74) is 24.1. The van der Waals surface area contributed by atoms with E-state index in [1.807, 2.05) is 0 Å². The molecule has 0 bridgehead atoms. The zero-order valence-corrected chi connectivity index (χ0v) is 40.3. The molecule has 2 aliphatic rings. The zero-order chi connectivity index (χ0) is 44.4. The summed E-state index contributed by atoms with van der Waals surface area (Å²) in [4.78, 5) is 0. The van der Waals surface area contributed by atoms with E-state index in [0.717, 1.165) is 0 Å². The maximum atomic E-state index is 2.81. The number of hydrogen-bond donors (Lipinski definition) is 0. The second-order valence-corrected chi connectivity index (χ2v) is 24.1. The molecule has 2 nitrogen and oxygen atoms in total. The molecule has 0 aliphatic carbocycles. The minimum absolute atomic E-state index is 0.0302. The Labute approximate surface area is 371 Å². The van der Waals surface area contributed by atoms with Crippen LogP contribution in [-0.2, 0) is 27.1 Å². The Morgan fingerprint density at radius 3 is 1.48 bits per heavy atom. The van der Waals surface area contributed by atoms with E-state index in [0.29, 0.717) is 0 Å². The van der Waals surface area contributed by atoms with E-state index in [-0.39, 0.29) is 33.9 Å². The Morgan fingerprint density at radius 2 is 0.919 bits per heavy atom. The highest BCUT2D eigenvalue weighted by molar-refractivity contribution is 6.90. The summed E-state index contributed by atoms with van der Waals surface area (Å²) in [7, 11) is 0. The van der Waals surface area contributed by atoms with Gasteiger partial charge in [0.25, 0.3) is 0 Å². The van der Waals surface area contributed by atoms with Crippen LogP contribution in [0.25, 0.3) is 71.9 Å². The first kappa shape index (κ1) is 40.8. The van der Waals surface area contributed by atoms with Crippen LogP contribution in [0, 0.1) is 6.92 Å². The molecule has 0 saturated heterocycles. The second kappa shape index (κ2) is 12.9. The van der Waals surface area contributed by atoms with Gasteiger partial charge >= 0.3 is 6.85 Å². The lowest BCUT2D eigenvalue weighted by Gasteiger charge is -2.36. The van der Waals surface area contributed by atoms with Crippen molar-refractivity contribution in [3.63, 3.8) is 0 Å². The molecular weight excluding hydrogens is 747 g/mol.